The van der Waals surface area contributed by atoms with Crippen molar-refractivity contribution in [3.05, 3.63) is 33.7 Å². The van der Waals surface area contributed by atoms with Crippen molar-refractivity contribution < 1.29 is 14.3 Å². The quantitative estimate of drug-likeness (QED) is 0.465. The molecule has 1 aromatic rings. The third kappa shape index (κ3) is 5.23. The van der Waals surface area contributed by atoms with Crippen molar-refractivity contribution in [3.63, 3.8) is 0 Å². The van der Waals surface area contributed by atoms with Crippen LogP contribution in [0, 0.1) is 14.9 Å². The van der Waals surface area contributed by atoms with E-state index in [1.807, 2.05) is 11.4 Å². The van der Waals surface area contributed by atoms with Crippen molar-refractivity contribution in [1.82, 2.24) is 10.3 Å². The highest BCUT2D eigenvalue weighted by atomic mass is 127. The van der Waals surface area contributed by atoms with Crippen LogP contribution in [0.4, 0.5) is 10.6 Å². The Balaban J connectivity index is 2.68. The van der Waals surface area contributed by atoms with E-state index in [4.69, 9.17) is 5.26 Å². The number of rotatable bonds is 4. The zero-order chi connectivity index (χ0) is 15.0. The second-order valence-corrected chi connectivity index (χ2v) is 4.60. The lowest BCUT2D eigenvalue weighted by Crippen LogP contribution is -2.32. The second-order valence-electron chi connectivity index (χ2n) is 3.35. The molecule has 0 bridgehead atoms. The van der Waals surface area contributed by atoms with E-state index in [0.29, 0.717) is 5.82 Å². The summed E-state index contributed by atoms with van der Waals surface area (Å²) in [6, 6.07) is 5.19. The van der Waals surface area contributed by atoms with Gasteiger partial charge < -0.3 is 10.1 Å². The molecule has 20 heavy (non-hydrogen) atoms. The molecule has 0 aliphatic carbocycles. The summed E-state index contributed by atoms with van der Waals surface area (Å²) in [7, 11) is 0. The van der Waals surface area contributed by atoms with Gasteiger partial charge in [0.1, 0.15) is 17.5 Å². The number of carbonyl (C=O) groups excluding carboxylic acids is 2. The summed E-state index contributed by atoms with van der Waals surface area (Å²) in [4.78, 5) is 26.7. The minimum atomic E-state index is -0.897. The maximum Gasteiger partial charge on any atom is 0.414 e. The molecule has 0 aliphatic rings. The standard InChI is InChI=1S/C12H11IN4O3/c1-2-20-12(19)17-11(18)8(5-14)6-15-10-4-3-9(13)7-16-10/h3-4,6-7H,2H2,1H3,(H,15,16)(H,17,18,19)/b8-6-. The second kappa shape index (κ2) is 8.11. The van der Waals surface area contributed by atoms with E-state index in [1.54, 1.807) is 25.3 Å². The zero-order valence-corrected chi connectivity index (χ0v) is 12.7. The van der Waals surface area contributed by atoms with Gasteiger partial charge in [0, 0.05) is 16.0 Å². The van der Waals surface area contributed by atoms with Crippen LogP contribution in [0.1, 0.15) is 6.92 Å². The number of hydrogen-bond donors (Lipinski definition) is 2. The van der Waals surface area contributed by atoms with Crippen molar-refractivity contribution in [2.45, 2.75) is 6.92 Å². The van der Waals surface area contributed by atoms with Crippen molar-refractivity contribution in [1.29, 1.82) is 5.26 Å². The van der Waals surface area contributed by atoms with Crippen LogP contribution in [0.2, 0.25) is 0 Å². The third-order valence-electron chi connectivity index (χ3n) is 1.95. The number of anilines is 1. The van der Waals surface area contributed by atoms with Crippen LogP contribution in [0.15, 0.2) is 30.1 Å². The van der Waals surface area contributed by atoms with Gasteiger partial charge in [-0.25, -0.2) is 9.78 Å². The smallest absolute Gasteiger partial charge is 0.414 e. The van der Waals surface area contributed by atoms with Gasteiger partial charge in [-0.2, -0.15) is 5.26 Å². The van der Waals surface area contributed by atoms with Gasteiger partial charge in [-0.05, 0) is 41.6 Å². The van der Waals surface area contributed by atoms with Gasteiger partial charge >= 0.3 is 6.09 Å². The highest BCUT2D eigenvalue weighted by Gasteiger charge is 2.13. The fourth-order valence-electron chi connectivity index (χ4n) is 1.08. The largest absolute Gasteiger partial charge is 0.450 e. The first-order valence-corrected chi connectivity index (χ1v) is 6.61. The number of carbonyl (C=O) groups is 2. The average molecular weight is 386 g/mol. The molecule has 0 radical (unpaired) electrons. The van der Waals surface area contributed by atoms with E-state index in [2.05, 4.69) is 37.6 Å². The molecule has 2 amide bonds. The lowest BCUT2D eigenvalue weighted by molar-refractivity contribution is -0.116. The van der Waals surface area contributed by atoms with Crippen LogP contribution in [-0.4, -0.2) is 23.6 Å². The first kappa shape index (κ1) is 15.9. The molecule has 7 nitrogen and oxygen atoms in total. The normalized spacial score (nSPS) is 10.3. The van der Waals surface area contributed by atoms with Crippen LogP contribution in [0.3, 0.4) is 0 Å². The lowest BCUT2D eigenvalue weighted by atomic mass is 10.3. The Morgan fingerprint density at radius 1 is 1.55 bits per heavy atom. The maximum absolute atomic E-state index is 11.6. The molecular weight excluding hydrogens is 375 g/mol. The summed E-state index contributed by atoms with van der Waals surface area (Å²) in [6.45, 7) is 1.74. The molecule has 104 valence electrons. The minimum Gasteiger partial charge on any atom is -0.450 e. The summed E-state index contributed by atoms with van der Waals surface area (Å²) in [5.74, 6) is -0.369. The average Bonchev–Trinajstić information content (AvgIpc) is 2.41. The first-order chi connectivity index (χ1) is 9.56. The van der Waals surface area contributed by atoms with Gasteiger partial charge in [0.05, 0.1) is 6.61 Å². The predicted molar refractivity (Wildman–Crippen MR) is 79.4 cm³/mol. The zero-order valence-electron chi connectivity index (χ0n) is 10.5. The summed E-state index contributed by atoms with van der Waals surface area (Å²) in [5, 5.41) is 13.5. The van der Waals surface area contributed by atoms with Crippen molar-refractivity contribution in [2.24, 2.45) is 0 Å². The molecule has 1 aromatic heterocycles. The molecule has 2 N–H and O–H groups in total. The number of hydrogen-bond acceptors (Lipinski definition) is 6. The molecular formula is C12H11IN4O3. The van der Waals surface area contributed by atoms with E-state index in [9.17, 15) is 9.59 Å². The number of nitriles is 1. The van der Waals surface area contributed by atoms with Gasteiger partial charge in [-0.3, -0.25) is 10.1 Å². The van der Waals surface area contributed by atoms with E-state index < -0.39 is 12.0 Å². The molecule has 0 saturated carbocycles. The molecule has 0 saturated heterocycles. The Hall–Kier alpha value is -2.15. The summed E-state index contributed by atoms with van der Waals surface area (Å²) in [6.07, 6.45) is 1.90. The molecule has 0 aliphatic heterocycles. The number of nitrogens with zero attached hydrogens (tertiary/aromatic N) is 2. The number of aromatic nitrogens is 1. The van der Waals surface area contributed by atoms with E-state index >= 15 is 0 Å². The van der Waals surface area contributed by atoms with Gasteiger partial charge in [0.15, 0.2) is 0 Å². The summed E-state index contributed by atoms with van der Waals surface area (Å²) >= 11 is 2.10. The predicted octanol–water partition coefficient (Wildman–Crippen LogP) is 1.78. The number of nitrogens with one attached hydrogen (secondary N) is 2. The number of amides is 2. The molecule has 0 fully saturated rings. The lowest BCUT2D eigenvalue weighted by Gasteiger charge is -2.04. The van der Waals surface area contributed by atoms with E-state index in [-0.39, 0.29) is 12.2 Å². The molecule has 0 spiro atoms. The molecule has 1 rings (SSSR count). The Morgan fingerprint density at radius 3 is 2.85 bits per heavy atom. The number of imide groups is 1. The molecule has 0 atom stereocenters. The minimum absolute atomic E-state index is 0.134. The maximum atomic E-state index is 11.6. The number of pyridine rings is 1. The van der Waals surface area contributed by atoms with Gasteiger partial charge in [-0.1, -0.05) is 0 Å². The third-order valence-corrected chi connectivity index (χ3v) is 2.59. The summed E-state index contributed by atoms with van der Waals surface area (Å²) < 4.78 is 5.50. The van der Waals surface area contributed by atoms with Crippen LogP contribution in [0.25, 0.3) is 0 Å². The van der Waals surface area contributed by atoms with E-state index in [0.717, 1.165) is 3.57 Å². The summed E-state index contributed by atoms with van der Waals surface area (Å²) in [5.41, 5.74) is -0.265. The molecule has 8 heteroatoms. The number of halogens is 1. The number of alkyl carbamates (subject to hydrolysis) is 1. The number of ether oxygens (including phenoxy) is 1. The highest BCUT2D eigenvalue weighted by molar-refractivity contribution is 14.1. The SMILES string of the molecule is CCOC(=O)NC(=O)/C(C#N)=C\Nc1ccc(I)cn1. The van der Waals surface area contributed by atoms with Crippen molar-refractivity contribution in [3.8, 4) is 6.07 Å². The van der Waals surface area contributed by atoms with Crippen molar-refractivity contribution in [2.75, 3.05) is 11.9 Å². The molecule has 0 unspecified atom stereocenters. The molecule has 0 aromatic carbocycles. The van der Waals surface area contributed by atoms with E-state index in [1.165, 1.54) is 6.20 Å². The Labute approximate surface area is 129 Å². The fraction of sp³-hybridized carbons (Fsp3) is 0.167. The monoisotopic (exact) mass is 386 g/mol. The Bertz CT molecular complexity index is 563. The Kier molecular flexibility index (Phi) is 6.45. The van der Waals surface area contributed by atoms with Crippen LogP contribution >= 0.6 is 22.6 Å². The first-order valence-electron chi connectivity index (χ1n) is 5.53. The van der Waals surface area contributed by atoms with Crippen LogP contribution in [-0.2, 0) is 9.53 Å². The van der Waals surface area contributed by atoms with Gasteiger partial charge in [0.25, 0.3) is 5.91 Å². The molecule has 1 heterocycles. The van der Waals surface area contributed by atoms with Crippen LogP contribution < -0.4 is 10.6 Å². The Morgan fingerprint density at radius 2 is 2.30 bits per heavy atom. The highest BCUT2D eigenvalue weighted by Crippen LogP contribution is 2.07. The topological polar surface area (TPSA) is 104 Å². The van der Waals surface area contributed by atoms with Crippen molar-refractivity contribution >= 4 is 40.4 Å². The van der Waals surface area contributed by atoms with Crippen LogP contribution in [0.5, 0.6) is 0 Å². The van der Waals surface area contributed by atoms with Gasteiger partial charge in [0.2, 0.25) is 0 Å². The van der Waals surface area contributed by atoms with Gasteiger partial charge in [-0.15, -0.1) is 0 Å². The fourth-order valence-corrected chi connectivity index (χ4v) is 1.40.